The highest BCUT2D eigenvalue weighted by atomic mass is 32.1. The molecule has 0 unspecified atom stereocenters. The molecule has 2 heterocycles. The lowest BCUT2D eigenvalue weighted by molar-refractivity contribution is -0.384. The van der Waals surface area contributed by atoms with Gasteiger partial charge in [0, 0.05) is 17.8 Å². The molecule has 1 N–H and O–H groups in total. The number of benzene rings is 2. The predicted octanol–water partition coefficient (Wildman–Crippen LogP) is 3.98. The molecule has 1 amide bonds. The lowest BCUT2D eigenvalue weighted by atomic mass is 10.2. The average Bonchev–Trinajstić information content (AvgIpc) is 3.08. The maximum Gasteiger partial charge on any atom is 0.271 e. The second-order valence-corrected chi connectivity index (χ2v) is 7.66. The van der Waals surface area contributed by atoms with Crippen LogP contribution in [0.15, 0.2) is 65.7 Å². The normalized spacial score (nSPS) is 10.8. The van der Waals surface area contributed by atoms with Gasteiger partial charge >= 0.3 is 0 Å². The van der Waals surface area contributed by atoms with Gasteiger partial charge in [-0.05, 0) is 24.1 Å². The van der Waals surface area contributed by atoms with E-state index in [1.807, 2.05) is 30.3 Å². The molecule has 0 radical (unpaired) electrons. The minimum atomic E-state index is -0.528. The molecular weight excluding hydrogens is 404 g/mol. The van der Waals surface area contributed by atoms with E-state index in [-0.39, 0.29) is 11.2 Å². The number of rotatable bonds is 5. The second kappa shape index (κ2) is 7.88. The first-order valence-electron chi connectivity index (χ1n) is 9.02. The minimum absolute atomic E-state index is 0.119. The maximum absolute atomic E-state index is 13.0. The third-order valence-corrected chi connectivity index (χ3v) is 5.83. The number of amides is 1. The van der Waals surface area contributed by atoms with Gasteiger partial charge in [0.25, 0.3) is 17.2 Å². The Labute approximate surface area is 174 Å². The highest BCUT2D eigenvalue weighted by molar-refractivity contribution is 7.20. The van der Waals surface area contributed by atoms with Crippen LogP contribution in [-0.4, -0.2) is 20.4 Å². The van der Waals surface area contributed by atoms with Gasteiger partial charge in [-0.3, -0.25) is 24.3 Å². The Bertz CT molecular complexity index is 1330. The van der Waals surface area contributed by atoms with E-state index in [2.05, 4.69) is 10.3 Å². The fraction of sp³-hybridized carbons (Fsp3) is 0.0952. The quantitative estimate of drug-likeness (QED) is 0.388. The molecule has 8 nitrogen and oxygen atoms in total. The summed E-state index contributed by atoms with van der Waals surface area (Å²) >= 11 is 1.12. The number of nitro benzene ring substituents is 1. The van der Waals surface area contributed by atoms with Crippen LogP contribution < -0.4 is 10.9 Å². The van der Waals surface area contributed by atoms with Gasteiger partial charge in [0.05, 0.1) is 28.1 Å². The summed E-state index contributed by atoms with van der Waals surface area (Å²) in [6, 6.07) is 15.3. The molecule has 4 rings (SSSR count). The highest BCUT2D eigenvalue weighted by Gasteiger charge is 2.20. The van der Waals surface area contributed by atoms with Gasteiger partial charge in [-0.15, -0.1) is 11.3 Å². The smallest absolute Gasteiger partial charge is 0.271 e. The van der Waals surface area contributed by atoms with E-state index in [4.69, 9.17) is 0 Å². The zero-order valence-corrected chi connectivity index (χ0v) is 16.7. The predicted molar refractivity (Wildman–Crippen MR) is 115 cm³/mol. The summed E-state index contributed by atoms with van der Waals surface area (Å²) < 4.78 is 1.51. The SMILES string of the molecule is Cc1c(C(=O)Nc2cccc([N+](=O)[O-])c2)sc2ncn(Cc3ccccc3)c(=O)c12. The minimum Gasteiger partial charge on any atom is -0.321 e. The standard InChI is InChI=1S/C21H16N4O4S/c1-13-17-20(22-12-24(21(17)27)11-14-6-3-2-4-7-14)30-18(13)19(26)23-15-8-5-9-16(10-15)25(28)29/h2-10,12H,11H2,1H3,(H,23,26). The third-order valence-electron chi connectivity index (χ3n) is 4.63. The summed E-state index contributed by atoms with van der Waals surface area (Å²) in [5.74, 6) is -0.440. The van der Waals surface area contributed by atoms with Gasteiger partial charge < -0.3 is 5.32 Å². The number of aryl methyl sites for hydroxylation is 1. The Kier molecular flexibility index (Phi) is 5.11. The van der Waals surface area contributed by atoms with E-state index in [1.54, 1.807) is 13.0 Å². The number of hydrogen-bond donors (Lipinski definition) is 1. The number of carbonyl (C=O) groups is 1. The first kappa shape index (κ1) is 19.5. The number of nitrogens with one attached hydrogen (secondary N) is 1. The lowest BCUT2D eigenvalue weighted by Crippen LogP contribution is -2.21. The summed E-state index contributed by atoms with van der Waals surface area (Å²) in [6.07, 6.45) is 1.48. The van der Waals surface area contributed by atoms with Crippen molar-refractivity contribution in [3.05, 3.63) is 97.4 Å². The van der Waals surface area contributed by atoms with Crippen molar-refractivity contribution in [2.45, 2.75) is 13.5 Å². The number of thiophene rings is 1. The molecule has 0 atom stereocenters. The van der Waals surface area contributed by atoms with Gasteiger partial charge in [0.15, 0.2) is 0 Å². The Balaban J connectivity index is 1.67. The number of nitrogens with zero attached hydrogens (tertiary/aromatic N) is 3. The van der Waals surface area contributed by atoms with Crippen LogP contribution in [0.3, 0.4) is 0 Å². The fourth-order valence-corrected chi connectivity index (χ4v) is 4.19. The van der Waals surface area contributed by atoms with E-state index >= 15 is 0 Å². The van der Waals surface area contributed by atoms with Gasteiger partial charge in [-0.2, -0.15) is 0 Å². The zero-order chi connectivity index (χ0) is 21.3. The van der Waals surface area contributed by atoms with E-state index < -0.39 is 10.8 Å². The first-order chi connectivity index (χ1) is 14.4. The van der Waals surface area contributed by atoms with Crippen molar-refractivity contribution in [2.75, 3.05) is 5.32 Å². The van der Waals surface area contributed by atoms with E-state index in [9.17, 15) is 19.7 Å². The van der Waals surface area contributed by atoms with Crippen molar-refractivity contribution in [3.63, 3.8) is 0 Å². The van der Waals surface area contributed by atoms with Gasteiger partial charge in [-0.25, -0.2) is 4.98 Å². The van der Waals surface area contributed by atoms with Gasteiger partial charge in [-0.1, -0.05) is 36.4 Å². The van der Waals surface area contributed by atoms with Crippen LogP contribution in [0.1, 0.15) is 20.8 Å². The summed E-state index contributed by atoms with van der Waals surface area (Å²) in [5.41, 5.74) is 1.48. The molecule has 0 fully saturated rings. The fourth-order valence-electron chi connectivity index (χ4n) is 3.15. The van der Waals surface area contributed by atoms with Crippen molar-refractivity contribution < 1.29 is 9.72 Å². The molecular formula is C21H16N4O4S. The van der Waals surface area contributed by atoms with Gasteiger partial charge in [0.1, 0.15) is 4.83 Å². The summed E-state index contributed by atoms with van der Waals surface area (Å²) in [5, 5.41) is 14.0. The molecule has 150 valence electrons. The number of fused-ring (bicyclic) bond motifs is 1. The summed E-state index contributed by atoms with van der Waals surface area (Å²) in [4.78, 5) is 41.3. The van der Waals surface area contributed by atoms with Crippen LogP contribution in [-0.2, 0) is 6.54 Å². The molecule has 0 aliphatic rings. The molecule has 2 aromatic carbocycles. The number of hydrogen-bond acceptors (Lipinski definition) is 6. The van der Waals surface area contributed by atoms with E-state index in [0.29, 0.717) is 32.9 Å². The van der Waals surface area contributed by atoms with Crippen molar-refractivity contribution in [2.24, 2.45) is 0 Å². The molecule has 0 saturated carbocycles. The number of non-ortho nitro benzene ring substituents is 1. The van der Waals surface area contributed by atoms with Crippen molar-refractivity contribution >= 4 is 38.8 Å². The highest BCUT2D eigenvalue weighted by Crippen LogP contribution is 2.28. The summed E-state index contributed by atoms with van der Waals surface area (Å²) in [6.45, 7) is 2.09. The molecule has 0 saturated heterocycles. The first-order valence-corrected chi connectivity index (χ1v) is 9.84. The van der Waals surface area contributed by atoms with Crippen molar-refractivity contribution in [1.29, 1.82) is 0 Å². The third kappa shape index (κ3) is 3.70. The molecule has 0 aliphatic heterocycles. The van der Waals surface area contributed by atoms with E-state index in [1.165, 1.54) is 29.1 Å². The zero-order valence-electron chi connectivity index (χ0n) is 15.9. The summed E-state index contributed by atoms with van der Waals surface area (Å²) in [7, 11) is 0. The lowest BCUT2D eigenvalue weighted by Gasteiger charge is -2.05. The van der Waals surface area contributed by atoms with Crippen LogP contribution in [0, 0.1) is 17.0 Å². The molecule has 0 spiro atoms. The van der Waals surface area contributed by atoms with Crippen molar-refractivity contribution in [3.8, 4) is 0 Å². The maximum atomic E-state index is 13.0. The van der Waals surface area contributed by atoms with Gasteiger partial charge in [0.2, 0.25) is 0 Å². The van der Waals surface area contributed by atoms with E-state index in [0.717, 1.165) is 16.9 Å². The molecule has 4 aromatic rings. The monoisotopic (exact) mass is 420 g/mol. The Morgan fingerprint density at radius 1 is 1.20 bits per heavy atom. The molecule has 0 aliphatic carbocycles. The van der Waals surface area contributed by atoms with Crippen LogP contribution in [0.5, 0.6) is 0 Å². The number of carbonyl (C=O) groups excluding carboxylic acids is 1. The van der Waals surface area contributed by atoms with Crippen LogP contribution >= 0.6 is 11.3 Å². The molecule has 0 bridgehead atoms. The Hall–Kier alpha value is -3.85. The molecule has 9 heteroatoms. The Morgan fingerprint density at radius 3 is 2.70 bits per heavy atom. The second-order valence-electron chi connectivity index (χ2n) is 6.66. The van der Waals surface area contributed by atoms with Crippen LogP contribution in [0.4, 0.5) is 11.4 Å². The molecule has 2 aromatic heterocycles. The van der Waals surface area contributed by atoms with Crippen LogP contribution in [0.25, 0.3) is 10.2 Å². The number of aromatic nitrogens is 2. The number of nitro groups is 1. The largest absolute Gasteiger partial charge is 0.321 e. The molecule has 30 heavy (non-hydrogen) atoms. The van der Waals surface area contributed by atoms with Crippen molar-refractivity contribution in [1.82, 2.24) is 9.55 Å². The van der Waals surface area contributed by atoms with Crippen LogP contribution in [0.2, 0.25) is 0 Å². The average molecular weight is 420 g/mol. The topological polar surface area (TPSA) is 107 Å². The Morgan fingerprint density at radius 2 is 1.97 bits per heavy atom. The number of anilines is 1.